The van der Waals surface area contributed by atoms with E-state index in [4.69, 9.17) is 25.7 Å². The van der Waals surface area contributed by atoms with E-state index in [9.17, 15) is 9.59 Å². The van der Waals surface area contributed by atoms with Gasteiger partial charge in [0.15, 0.2) is 0 Å². The van der Waals surface area contributed by atoms with Crippen molar-refractivity contribution in [1.82, 2.24) is 35.5 Å². The van der Waals surface area contributed by atoms with Crippen LogP contribution in [0, 0.1) is 13.8 Å². The highest BCUT2D eigenvalue weighted by molar-refractivity contribution is 6.07. The number of aryl methyl sites for hydroxylation is 2. The summed E-state index contributed by atoms with van der Waals surface area (Å²) in [5, 5.41) is 6.03. The Kier molecular flexibility index (Phi) is 8.36. The molecule has 0 unspecified atom stereocenters. The lowest BCUT2D eigenvalue weighted by Crippen LogP contribution is -2.41. The number of carbonyl (C=O) groups is 2. The lowest BCUT2D eigenvalue weighted by atomic mass is 10.1. The van der Waals surface area contributed by atoms with Crippen LogP contribution < -0.4 is 16.4 Å². The van der Waals surface area contributed by atoms with Crippen LogP contribution >= 0.6 is 0 Å². The maximum absolute atomic E-state index is 13.2. The first-order chi connectivity index (χ1) is 21.4. The van der Waals surface area contributed by atoms with Crippen LogP contribution in [0.5, 0.6) is 0 Å². The summed E-state index contributed by atoms with van der Waals surface area (Å²) in [5.74, 6) is -0.419. The molecule has 44 heavy (non-hydrogen) atoms. The molecule has 4 N–H and O–H groups in total. The standard InChI is InChI=1S/C34H34N8O2/c1-21-7-3-11-25-29(21)40-31-23(9-5-13-27(31)38-25)33(43)36-16-19-42(18-15-35)20-17-37-34(44)24-10-6-14-28-32(24)41-30-22(2)8-4-12-26(30)39-28/h3-14H,15-20,35H2,1-2H3,(H,36,43)(H,37,44). The number of hydrogen-bond acceptors (Lipinski definition) is 8. The number of nitrogens with one attached hydrogen (secondary N) is 2. The van der Waals surface area contributed by atoms with Gasteiger partial charge in [-0.15, -0.1) is 0 Å². The van der Waals surface area contributed by atoms with Crippen molar-refractivity contribution < 1.29 is 9.59 Å². The Morgan fingerprint density at radius 2 is 1.00 bits per heavy atom. The molecule has 0 saturated carbocycles. The number of nitrogens with two attached hydrogens (primary N) is 1. The third-order valence-electron chi connectivity index (χ3n) is 7.75. The summed E-state index contributed by atoms with van der Waals surface area (Å²) in [6.45, 7) is 7.02. The first-order valence-corrected chi connectivity index (χ1v) is 14.7. The van der Waals surface area contributed by atoms with E-state index in [-0.39, 0.29) is 11.8 Å². The van der Waals surface area contributed by atoms with Crippen LogP contribution in [0.3, 0.4) is 0 Å². The van der Waals surface area contributed by atoms with Crippen molar-refractivity contribution >= 4 is 55.9 Å². The zero-order valence-electron chi connectivity index (χ0n) is 24.8. The Balaban J connectivity index is 1.08. The lowest BCUT2D eigenvalue weighted by Gasteiger charge is -2.22. The number of para-hydroxylation sites is 4. The molecule has 2 amide bonds. The predicted molar refractivity (Wildman–Crippen MR) is 174 cm³/mol. The molecule has 10 nitrogen and oxygen atoms in total. The molecule has 0 aliphatic carbocycles. The Hall–Kier alpha value is -5.06. The fourth-order valence-electron chi connectivity index (χ4n) is 5.45. The minimum atomic E-state index is -0.210. The highest BCUT2D eigenvalue weighted by atomic mass is 16.2. The Morgan fingerprint density at radius 1 is 0.591 bits per heavy atom. The molecule has 0 atom stereocenters. The van der Waals surface area contributed by atoms with Gasteiger partial charge in [0.2, 0.25) is 0 Å². The van der Waals surface area contributed by atoms with Gasteiger partial charge in [0, 0.05) is 39.3 Å². The summed E-state index contributed by atoms with van der Waals surface area (Å²) in [7, 11) is 0. The molecule has 0 fully saturated rings. The number of nitrogens with zero attached hydrogens (tertiary/aromatic N) is 5. The summed E-state index contributed by atoms with van der Waals surface area (Å²) in [6, 6.07) is 22.6. The van der Waals surface area contributed by atoms with Crippen molar-refractivity contribution in [3.8, 4) is 0 Å². The topological polar surface area (TPSA) is 139 Å². The van der Waals surface area contributed by atoms with E-state index in [1.54, 1.807) is 12.1 Å². The first-order valence-electron chi connectivity index (χ1n) is 14.7. The van der Waals surface area contributed by atoms with Crippen LogP contribution in [-0.4, -0.2) is 75.9 Å². The first kappa shape index (κ1) is 29.0. The van der Waals surface area contributed by atoms with E-state index in [0.29, 0.717) is 72.5 Å². The van der Waals surface area contributed by atoms with E-state index < -0.39 is 0 Å². The van der Waals surface area contributed by atoms with Gasteiger partial charge in [-0.2, -0.15) is 0 Å². The SMILES string of the molecule is Cc1cccc2nc3cccc(C(=O)NCCN(CCN)CCNC(=O)c4cccc5nc6cccc(C)c6nc45)c3nc12. The smallest absolute Gasteiger partial charge is 0.253 e. The predicted octanol–water partition coefficient (Wildman–Crippen LogP) is 3.92. The van der Waals surface area contributed by atoms with Crippen LogP contribution in [0.15, 0.2) is 72.8 Å². The second-order valence-electron chi connectivity index (χ2n) is 10.8. The molecule has 6 aromatic rings. The number of carbonyl (C=O) groups excluding carboxylic acids is 2. The fraction of sp³-hybridized carbons (Fsp3) is 0.235. The minimum absolute atomic E-state index is 0.210. The van der Waals surface area contributed by atoms with Gasteiger partial charge in [-0.1, -0.05) is 36.4 Å². The minimum Gasteiger partial charge on any atom is -0.351 e. The van der Waals surface area contributed by atoms with Gasteiger partial charge >= 0.3 is 0 Å². The summed E-state index contributed by atoms with van der Waals surface area (Å²) >= 11 is 0. The summed E-state index contributed by atoms with van der Waals surface area (Å²) < 4.78 is 0. The number of hydrogen-bond donors (Lipinski definition) is 3. The van der Waals surface area contributed by atoms with Crippen LogP contribution in [0.25, 0.3) is 44.1 Å². The quantitative estimate of drug-likeness (QED) is 0.205. The molecule has 0 bridgehead atoms. The van der Waals surface area contributed by atoms with Gasteiger partial charge in [-0.25, -0.2) is 19.9 Å². The molecule has 2 heterocycles. The van der Waals surface area contributed by atoms with Crippen molar-refractivity contribution in [3.63, 3.8) is 0 Å². The van der Waals surface area contributed by atoms with Crippen molar-refractivity contribution in [2.24, 2.45) is 5.73 Å². The maximum Gasteiger partial charge on any atom is 0.253 e. The third-order valence-corrected chi connectivity index (χ3v) is 7.75. The van der Waals surface area contributed by atoms with Gasteiger partial charge < -0.3 is 16.4 Å². The normalized spacial score (nSPS) is 11.5. The summed E-state index contributed by atoms with van der Waals surface area (Å²) in [6.07, 6.45) is 0. The van der Waals surface area contributed by atoms with Gasteiger partial charge in [0.05, 0.1) is 44.2 Å². The summed E-state index contributed by atoms with van der Waals surface area (Å²) in [4.78, 5) is 47.5. The van der Waals surface area contributed by atoms with Crippen LogP contribution in [-0.2, 0) is 0 Å². The monoisotopic (exact) mass is 586 g/mol. The molecule has 0 spiro atoms. The summed E-state index contributed by atoms with van der Waals surface area (Å²) in [5.41, 5.74) is 14.5. The average Bonchev–Trinajstić information content (AvgIpc) is 3.03. The molecular formula is C34H34N8O2. The van der Waals surface area contributed by atoms with Crippen molar-refractivity contribution in [1.29, 1.82) is 0 Å². The highest BCUT2D eigenvalue weighted by Crippen LogP contribution is 2.23. The molecule has 0 saturated heterocycles. The molecular weight excluding hydrogens is 552 g/mol. The Morgan fingerprint density at radius 3 is 1.43 bits per heavy atom. The van der Waals surface area contributed by atoms with Gasteiger partial charge in [-0.05, 0) is 61.4 Å². The van der Waals surface area contributed by atoms with E-state index in [0.717, 1.165) is 33.2 Å². The van der Waals surface area contributed by atoms with E-state index in [1.807, 2.05) is 74.5 Å². The molecule has 0 radical (unpaired) electrons. The average molecular weight is 587 g/mol. The number of fused-ring (bicyclic) bond motifs is 4. The van der Waals surface area contributed by atoms with Crippen molar-refractivity contribution in [2.45, 2.75) is 13.8 Å². The Bertz CT molecular complexity index is 1880. The molecule has 2 aromatic heterocycles. The number of benzene rings is 4. The number of rotatable bonds is 10. The molecule has 10 heteroatoms. The third kappa shape index (κ3) is 5.90. The van der Waals surface area contributed by atoms with Gasteiger partial charge in [-0.3, -0.25) is 14.5 Å². The van der Waals surface area contributed by atoms with Gasteiger partial charge in [0.25, 0.3) is 11.8 Å². The highest BCUT2D eigenvalue weighted by Gasteiger charge is 2.16. The molecule has 6 rings (SSSR count). The zero-order chi connectivity index (χ0) is 30.6. The van der Waals surface area contributed by atoms with Crippen LogP contribution in [0.4, 0.5) is 0 Å². The van der Waals surface area contributed by atoms with Crippen LogP contribution in [0.2, 0.25) is 0 Å². The number of amides is 2. The van der Waals surface area contributed by atoms with Gasteiger partial charge in [0.1, 0.15) is 11.0 Å². The maximum atomic E-state index is 13.2. The van der Waals surface area contributed by atoms with Crippen molar-refractivity contribution in [3.05, 3.63) is 95.1 Å². The Labute approximate surface area is 254 Å². The molecule has 0 aliphatic rings. The molecule has 0 aliphatic heterocycles. The zero-order valence-corrected chi connectivity index (χ0v) is 24.8. The number of aromatic nitrogens is 4. The molecule has 4 aromatic carbocycles. The van der Waals surface area contributed by atoms with Crippen molar-refractivity contribution in [2.75, 3.05) is 39.3 Å². The van der Waals surface area contributed by atoms with Crippen LogP contribution in [0.1, 0.15) is 31.8 Å². The fourth-order valence-corrected chi connectivity index (χ4v) is 5.45. The van der Waals surface area contributed by atoms with E-state index in [1.165, 1.54) is 0 Å². The second-order valence-corrected chi connectivity index (χ2v) is 10.8. The van der Waals surface area contributed by atoms with E-state index in [2.05, 4.69) is 15.5 Å². The molecule has 222 valence electrons. The second kappa shape index (κ2) is 12.7. The largest absolute Gasteiger partial charge is 0.351 e. The lowest BCUT2D eigenvalue weighted by molar-refractivity contribution is 0.0950. The van der Waals surface area contributed by atoms with E-state index >= 15 is 0 Å².